The molecule has 1 unspecified atom stereocenters. The molecule has 0 aliphatic carbocycles. The zero-order valence-electron chi connectivity index (χ0n) is 11.3. The monoisotopic (exact) mass is 294 g/mol. The fourth-order valence-corrected chi connectivity index (χ4v) is 3.32. The van der Waals surface area contributed by atoms with Crippen molar-refractivity contribution in [2.45, 2.75) is 25.0 Å². The second kappa shape index (κ2) is 6.65. The average molecular weight is 294 g/mol. The van der Waals surface area contributed by atoms with Gasteiger partial charge in [-0.25, -0.2) is 9.59 Å². The number of nitrogens with one attached hydrogen (secondary N) is 2. The first-order valence-electron chi connectivity index (χ1n) is 6.56. The first kappa shape index (κ1) is 14.7. The Balaban J connectivity index is 1.88. The molecule has 1 saturated heterocycles. The molecule has 1 aromatic rings. The van der Waals surface area contributed by atoms with E-state index in [4.69, 9.17) is 5.11 Å². The lowest BCUT2D eigenvalue weighted by atomic mass is 10.1. The van der Waals surface area contributed by atoms with E-state index < -0.39 is 5.97 Å². The number of urea groups is 1. The van der Waals surface area contributed by atoms with Crippen molar-refractivity contribution in [2.24, 2.45) is 0 Å². The van der Waals surface area contributed by atoms with Gasteiger partial charge < -0.3 is 15.7 Å². The maximum Gasteiger partial charge on any atom is 0.335 e. The normalized spacial score (nSPS) is 17.8. The Bertz CT molecular complexity index is 513. The first-order valence-corrected chi connectivity index (χ1v) is 7.61. The van der Waals surface area contributed by atoms with Gasteiger partial charge in [-0.15, -0.1) is 0 Å². The second-order valence-corrected chi connectivity index (χ2v) is 6.21. The SMILES string of the molecule is Cc1cc(C(=O)O)ccc1NC(=O)NCC1CCCS1. The van der Waals surface area contributed by atoms with E-state index in [1.165, 1.54) is 18.2 Å². The van der Waals surface area contributed by atoms with E-state index in [0.29, 0.717) is 17.5 Å². The number of rotatable bonds is 4. The van der Waals surface area contributed by atoms with Crippen LogP contribution in [0.15, 0.2) is 18.2 Å². The summed E-state index contributed by atoms with van der Waals surface area (Å²) in [6, 6.07) is 4.40. The summed E-state index contributed by atoms with van der Waals surface area (Å²) in [4.78, 5) is 22.6. The van der Waals surface area contributed by atoms with E-state index in [-0.39, 0.29) is 11.6 Å². The molecule has 1 aliphatic rings. The molecule has 0 spiro atoms. The minimum atomic E-state index is -0.970. The molecule has 1 aromatic carbocycles. The van der Waals surface area contributed by atoms with Gasteiger partial charge in [-0.3, -0.25) is 0 Å². The van der Waals surface area contributed by atoms with Crippen LogP contribution in [-0.4, -0.2) is 34.7 Å². The summed E-state index contributed by atoms with van der Waals surface area (Å²) < 4.78 is 0. The largest absolute Gasteiger partial charge is 0.478 e. The third-order valence-corrected chi connectivity index (χ3v) is 4.63. The Morgan fingerprint density at radius 1 is 1.45 bits per heavy atom. The minimum Gasteiger partial charge on any atom is -0.478 e. The molecule has 2 amide bonds. The Hall–Kier alpha value is -1.69. The average Bonchev–Trinajstić information content (AvgIpc) is 2.91. The molecule has 1 fully saturated rings. The number of carboxylic acids is 1. The van der Waals surface area contributed by atoms with Crippen molar-refractivity contribution in [3.05, 3.63) is 29.3 Å². The number of aryl methyl sites for hydroxylation is 1. The van der Waals surface area contributed by atoms with Crippen LogP contribution in [0.25, 0.3) is 0 Å². The number of carboxylic acid groups (broad SMARTS) is 1. The number of carbonyl (C=O) groups excluding carboxylic acids is 1. The molecule has 1 aliphatic heterocycles. The van der Waals surface area contributed by atoms with E-state index in [9.17, 15) is 9.59 Å². The van der Waals surface area contributed by atoms with Crippen LogP contribution in [0.4, 0.5) is 10.5 Å². The van der Waals surface area contributed by atoms with Gasteiger partial charge in [0.25, 0.3) is 0 Å². The van der Waals surface area contributed by atoms with Crippen molar-refractivity contribution in [3.8, 4) is 0 Å². The number of carbonyl (C=O) groups is 2. The van der Waals surface area contributed by atoms with Crippen molar-refractivity contribution in [1.82, 2.24) is 5.32 Å². The molecule has 0 saturated carbocycles. The molecule has 0 aromatic heterocycles. The van der Waals surface area contributed by atoms with Gasteiger partial charge in [0, 0.05) is 17.5 Å². The van der Waals surface area contributed by atoms with E-state index in [1.54, 1.807) is 19.1 Å². The molecular weight excluding hydrogens is 276 g/mol. The van der Waals surface area contributed by atoms with Crippen LogP contribution < -0.4 is 10.6 Å². The van der Waals surface area contributed by atoms with Gasteiger partial charge in [0.15, 0.2) is 0 Å². The van der Waals surface area contributed by atoms with E-state index >= 15 is 0 Å². The van der Waals surface area contributed by atoms with Crippen LogP contribution in [0.3, 0.4) is 0 Å². The van der Waals surface area contributed by atoms with Crippen molar-refractivity contribution >= 4 is 29.4 Å². The molecule has 0 radical (unpaired) electrons. The van der Waals surface area contributed by atoms with Crippen molar-refractivity contribution in [1.29, 1.82) is 0 Å². The summed E-state index contributed by atoms with van der Waals surface area (Å²) in [6.45, 7) is 2.44. The van der Waals surface area contributed by atoms with Crippen LogP contribution in [0.2, 0.25) is 0 Å². The lowest BCUT2D eigenvalue weighted by molar-refractivity contribution is 0.0697. The number of thioether (sulfide) groups is 1. The highest BCUT2D eigenvalue weighted by atomic mass is 32.2. The molecule has 6 heteroatoms. The van der Waals surface area contributed by atoms with Gasteiger partial charge >= 0.3 is 12.0 Å². The topological polar surface area (TPSA) is 78.4 Å². The van der Waals surface area contributed by atoms with E-state index in [0.717, 1.165) is 12.0 Å². The van der Waals surface area contributed by atoms with Crippen molar-refractivity contribution in [3.63, 3.8) is 0 Å². The van der Waals surface area contributed by atoms with E-state index in [2.05, 4.69) is 10.6 Å². The van der Waals surface area contributed by atoms with Gasteiger partial charge in [0.1, 0.15) is 0 Å². The number of amides is 2. The quantitative estimate of drug-likeness (QED) is 0.798. The number of hydrogen-bond acceptors (Lipinski definition) is 3. The highest BCUT2D eigenvalue weighted by molar-refractivity contribution is 8.00. The molecule has 2 rings (SSSR count). The van der Waals surface area contributed by atoms with Gasteiger partial charge in [0.2, 0.25) is 0 Å². The van der Waals surface area contributed by atoms with E-state index in [1.807, 2.05) is 11.8 Å². The third-order valence-electron chi connectivity index (χ3n) is 3.24. The lowest BCUT2D eigenvalue weighted by Gasteiger charge is -2.13. The van der Waals surface area contributed by atoms with Gasteiger partial charge in [-0.1, -0.05) is 0 Å². The van der Waals surface area contributed by atoms with Crippen LogP contribution in [0.5, 0.6) is 0 Å². The van der Waals surface area contributed by atoms with Gasteiger partial charge in [-0.05, 0) is 49.3 Å². The zero-order chi connectivity index (χ0) is 14.5. The number of aromatic carboxylic acids is 1. The van der Waals surface area contributed by atoms with Crippen molar-refractivity contribution < 1.29 is 14.7 Å². The smallest absolute Gasteiger partial charge is 0.335 e. The number of anilines is 1. The van der Waals surface area contributed by atoms with Crippen LogP contribution in [0, 0.1) is 6.92 Å². The highest BCUT2D eigenvalue weighted by Crippen LogP contribution is 2.25. The van der Waals surface area contributed by atoms with Crippen LogP contribution in [0.1, 0.15) is 28.8 Å². The Labute approximate surface area is 122 Å². The Morgan fingerprint density at radius 3 is 2.85 bits per heavy atom. The summed E-state index contributed by atoms with van der Waals surface area (Å²) in [5, 5.41) is 15.0. The molecule has 0 bridgehead atoms. The Morgan fingerprint density at radius 2 is 2.25 bits per heavy atom. The summed E-state index contributed by atoms with van der Waals surface area (Å²) in [5.74, 6) is 0.200. The molecule has 5 nitrogen and oxygen atoms in total. The minimum absolute atomic E-state index is 0.218. The second-order valence-electron chi connectivity index (χ2n) is 4.80. The van der Waals surface area contributed by atoms with Crippen molar-refractivity contribution in [2.75, 3.05) is 17.6 Å². The first-order chi connectivity index (χ1) is 9.56. The van der Waals surface area contributed by atoms with Gasteiger partial charge in [-0.2, -0.15) is 11.8 Å². The molecule has 3 N–H and O–H groups in total. The third kappa shape index (κ3) is 3.90. The lowest BCUT2D eigenvalue weighted by Crippen LogP contribution is -2.33. The molecule has 1 heterocycles. The predicted molar refractivity (Wildman–Crippen MR) is 80.6 cm³/mol. The molecule has 1 atom stereocenters. The predicted octanol–water partition coefficient (Wildman–Crippen LogP) is 2.71. The molecular formula is C14H18N2O3S. The molecule has 20 heavy (non-hydrogen) atoms. The maximum absolute atomic E-state index is 11.8. The fraction of sp³-hybridized carbons (Fsp3) is 0.429. The maximum atomic E-state index is 11.8. The summed E-state index contributed by atoms with van der Waals surface area (Å²) >= 11 is 1.89. The van der Waals surface area contributed by atoms with Crippen LogP contribution in [-0.2, 0) is 0 Å². The highest BCUT2D eigenvalue weighted by Gasteiger charge is 2.16. The number of hydrogen-bond donors (Lipinski definition) is 3. The summed E-state index contributed by atoms with van der Waals surface area (Å²) in [6.07, 6.45) is 2.37. The van der Waals surface area contributed by atoms with Gasteiger partial charge in [0.05, 0.1) is 5.56 Å². The summed E-state index contributed by atoms with van der Waals surface area (Å²) in [7, 11) is 0. The number of benzene rings is 1. The standard InChI is InChI=1S/C14H18N2O3S/c1-9-7-10(13(17)18)4-5-12(9)16-14(19)15-8-11-3-2-6-20-11/h4-5,7,11H,2-3,6,8H2,1H3,(H,17,18)(H2,15,16,19). The van der Waals surface area contributed by atoms with Crippen LogP contribution >= 0.6 is 11.8 Å². The molecule has 108 valence electrons. The Kier molecular flexibility index (Phi) is 4.89. The fourth-order valence-electron chi connectivity index (χ4n) is 2.12. The summed E-state index contributed by atoms with van der Waals surface area (Å²) in [5.41, 5.74) is 1.58. The zero-order valence-corrected chi connectivity index (χ0v) is 12.1.